The third-order valence-electron chi connectivity index (χ3n) is 4.39. The van der Waals surface area contributed by atoms with E-state index in [4.69, 9.17) is 9.47 Å². The number of Topliss-reactive ketones (excluding diaryl/α,β-unsaturated/α-hetero) is 1. The maximum atomic E-state index is 12.9. The highest BCUT2D eigenvalue weighted by Gasteiger charge is 2.26. The number of ether oxygens (including phenoxy) is 2. The molecule has 3 aromatic carbocycles. The van der Waals surface area contributed by atoms with E-state index in [9.17, 15) is 14.4 Å². The minimum Gasteiger partial charge on any atom is -0.497 e. The zero-order valence-electron chi connectivity index (χ0n) is 16.4. The molecule has 30 heavy (non-hydrogen) atoms. The molecule has 0 bridgehead atoms. The van der Waals surface area contributed by atoms with Gasteiger partial charge in [0, 0.05) is 16.7 Å². The molecule has 0 spiro atoms. The molecule has 152 valence electrons. The number of carbonyl (C=O) groups is 3. The number of carbonyl (C=O) groups excluding carboxylic acids is 3. The molecule has 0 fully saturated rings. The number of nitrogens with one attached hydrogen (secondary N) is 1. The second-order valence-corrected chi connectivity index (χ2v) is 6.42. The van der Waals surface area contributed by atoms with E-state index >= 15 is 0 Å². The van der Waals surface area contributed by atoms with Gasteiger partial charge in [0.15, 0.2) is 6.10 Å². The van der Waals surface area contributed by atoms with Gasteiger partial charge in [0.2, 0.25) is 5.78 Å². The molecule has 3 aromatic rings. The first-order valence-corrected chi connectivity index (χ1v) is 9.34. The number of hydrogen-bond acceptors (Lipinski definition) is 5. The molecule has 0 aliphatic carbocycles. The zero-order valence-corrected chi connectivity index (χ0v) is 16.4. The van der Waals surface area contributed by atoms with Gasteiger partial charge in [-0.25, -0.2) is 0 Å². The van der Waals surface area contributed by atoms with E-state index in [1.165, 1.54) is 7.11 Å². The van der Waals surface area contributed by atoms with Crippen LogP contribution >= 0.6 is 0 Å². The molecule has 0 saturated carbocycles. The topological polar surface area (TPSA) is 81.7 Å². The van der Waals surface area contributed by atoms with Gasteiger partial charge < -0.3 is 14.8 Å². The molecule has 0 unspecified atom stereocenters. The van der Waals surface area contributed by atoms with Crippen molar-refractivity contribution in [2.75, 3.05) is 13.7 Å². The van der Waals surface area contributed by atoms with Crippen LogP contribution < -0.4 is 10.1 Å². The Kier molecular flexibility index (Phi) is 6.95. The molecule has 0 aliphatic rings. The highest BCUT2D eigenvalue weighted by molar-refractivity contribution is 6.01. The largest absolute Gasteiger partial charge is 0.497 e. The highest BCUT2D eigenvalue weighted by Crippen LogP contribution is 2.22. The summed E-state index contributed by atoms with van der Waals surface area (Å²) >= 11 is 0. The van der Waals surface area contributed by atoms with E-state index in [1.807, 2.05) is 6.07 Å². The number of rotatable bonds is 8. The normalized spacial score (nSPS) is 11.2. The standard InChI is InChI=1S/C24H21NO5/c1-29-20-14-12-19(13-15-20)24(28)25-16-21(26)30-23(18-10-6-3-7-11-18)22(27)17-8-4-2-5-9-17/h2-15,23H,16H2,1H3,(H,25,28)/t23-/m1/s1. The van der Waals surface area contributed by atoms with E-state index < -0.39 is 18.0 Å². The Morgan fingerprint density at radius 3 is 2.00 bits per heavy atom. The van der Waals surface area contributed by atoms with Crippen molar-refractivity contribution in [1.82, 2.24) is 5.32 Å². The molecule has 1 atom stereocenters. The van der Waals surface area contributed by atoms with Gasteiger partial charge in [-0.1, -0.05) is 60.7 Å². The average Bonchev–Trinajstić information content (AvgIpc) is 2.81. The van der Waals surface area contributed by atoms with Gasteiger partial charge >= 0.3 is 5.97 Å². The smallest absolute Gasteiger partial charge is 0.326 e. The Labute approximate surface area is 174 Å². The van der Waals surface area contributed by atoms with Crippen LogP contribution in [-0.2, 0) is 9.53 Å². The quantitative estimate of drug-likeness (QED) is 0.459. The molecule has 0 radical (unpaired) electrons. The Hall–Kier alpha value is -3.93. The number of amides is 1. The van der Waals surface area contributed by atoms with Crippen LogP contribution in [0.4, 0.5) is 0 Å². The fourth-order valence-electron chi connectivity index (χ4n) is 2.82. The second kappa shape index (κ2) is 10.0. The van der Waals surface area contributed by atoms with Gasteiger partial charge in [-0.15, -0.1) is 0 Å². The lowest BCUT2D eigenvalue weighted by molar-refractivity contribution is -0.146. The molecule has 0 aromatic heterocycles. The van der Waals surface area contributed by atoms with Crippen molar-refractivity contribution in [1.29, 1.82) is 0 Å². The molecular weight excluding hydrogens is 382 g/mol. The first-order valence-electron chi connectivity index (χ1n) is 9.34. The predicted molar refractivity (Wildman–Crippen MR) is 111 cm³/mol. The van der Waals surface area contributed by atoms with E-state index in [1.54, 1.807) is 78.9 Å². The van der Waals surface area contributed by atoms with Crippen LogP contribution in [0.2, 0.25) is 0 Å². The molecular formula is C24H21NO5. The Balaban J connectivity index is 1.67. The Morgan fingerprint density at radius 2 is 1.40 bits per heavy atom. The van der Waals surface area contributed by atoms with Crippen LogP contribution in [0.5, 0.6) is 5.75 Å². The summed E-state index contributed by atoms with van der Waals surface area (Å²) in [6, 6.07) is 23.9. The summed E-state index contributed by atoms with van der Waals surface area (Å²) in [6.07, 6.45) is -1.10. The summed E-state index contributed by atoms with van der Waals surface area (Å²) in [6.45, 7) is -0.365. The predicted octanol–water partition coefficient (Wildman–Crippen LogP) is 3.59. The van der Waals surface area contributed by atoms with Gasteiger partial charge in [-0.2, -0.15) is 0 Å². The highest BCUT2D eigenvalue weighted by atomic mass is 16.5. The monoisotopic (exact) mass is 403 g/mol. The van der Waals surface area contributed by atoms with Crippen molar-refractivity contribution in [3.63, 3.8) is 0 Å². The number of benzene rings is 3. The van der Waals surface area contributed by atoms with Crippen molar-refractivity contribution in [2.24, 2.45) is 0 Å². The molecule has 0 heterocycles. The van der Waals surface area contributed by atoms with Gasteiger partial charge in [0.05, 0.1) is 7.11 Å². The lowest BCUT2D eigenvalue weighted by Crippen LogP contribution is -2.32. The summed E-state index contributed by atoms with van der Waals surface area (Å²) in [5.74, 6) is -0.858. The second-order valence-electron chi connectivity index (χ2n) is 6.42. The van der Waals surface area contributed by atoms with Crippen molar-refractivity contribution < 1.29 is 23.9 Å². The summed E-state index contributed by atoms with van der Waals surface area (Å²) in [7, 11) is 1.53. The maximum Gasteiger partial charge on any atom is 0.326 e. The SMILES string of the molecule is COc1ccc(C(=O)NCC(=O)O[C@@H](C(=O)c2ccccc2)c2ccccc2)cc1. The fraction of sp³-hybridized carbons (Fsp3) is 0.125. The van der Waals surface area contributed by atoms with E-state index in [0.29, 0.717) is 22.4 Å². The minimum absolute atomic E-state index is 0.336. The first-order chi connectivity index (χ1) is 14.6. The third-order valence-corrected chi connectivity index (χ3v) is 4.39. The van der Waals surface area contributed by atoms with Crippen LogP contribution in [-0.4, -0.2) is 31.3 Å². The lowest BCUT2D eigenvalue weighted by Gasteiger charge is -2.17. The van der Waals surface area contributed by atoms with Crippen LogP contribution in [0.1, 0.15) is 32.4 Å². The zero-order chi connectivity index (χ0) is 21.3. The summed E-state index contributed by atoms with van der Waals surface area (Å²) < 4.78 is 10.5. The van der Waals surface area contributed by atoms with Crippen molar-refractivity contribution >= 4 is 17.7 Å². The minimum atomic E-state index is -1.10. The Morgan fingerprint density at radius 1 is 0.800 bits per heavy atom. The third kappa shape index (κ3) is 5.32. The molecule has 1 amide bonds. The number of esters is 1. The van der Waals surface area contributed by atoms with Crippen LogP contribution in [0.15, 0.2) is 84.9 Å². The first kappa shape index (κ1) is 20.8. The Bertz CT molecular complexity index is 1000. The molecule has 1 N–H and O–H groups in total. The van der Waals surface area contributed by atoms with Crippen LogP contribution in [0.25, 0.3) is 0 Å². The van der Waals surface area contributed by atoms with Gasteiger partial charge in [-0.05, 0) is 24.3 Å². The number of hydrogen-bond donors (Lipinski definition) is 1. The molecule has 0 aliphatic heterocycles. The molecule has 6 heteroatoms. The van der Waals surface area contributed by atoms with Gasteiger partial charge in [-0.3, -0.25) is 14.4 Å². The summed E-state index contributed by atoms with van der Waals surface area (Å²) in [5, 5.41) is 2.51. The number of ketones is 1. The number of methoxy groups -OCH3 is 1. The molecule has 6 nitrogen and oxygen atoms in total. The summed E-state index contributed by atoms with van der Waals surface area (Å²) in [4.78, 5) is 37.5. The van der Waals surface area contributed by atoms with Crippen molar-refractivity contribution in [3.8, 4) is 5.75 Å². The van der Waals surface area contributed by atoms with Crippen LogP contribution in [0, 0.1) is 0 Å². The maximum absolute atomic E-state index is 12.9. The van der Waals surface area contributed by atoms with Gasteiger partial charge in [0.25, 0.3) is 5.91 Å². The van der Waals surface area contributed by atoms with E-state index in [-0.39, 0.29) is 12.3 Å². The average molecular weight is 403 g/mol. The van der Waals surface area contributed by atoms with Crippen LogP contribution in [0.3, 0.4) is 0 Å². The van der Waals surface area contributed by atoms with Crippen molar-refractivity contribution in [2.45, 2.75) is 6.10 Å². The van der Waals surface area contributed by atoms with Gasteiger partial charge in [0.1, 0.15) is 12.3 Å². The van der Waals surface area contributed by atoms with Crippen molar-refractivity contribution in [3.05, 3.63) is 102 Å². The van der Waals surface area contributed by atoms with E-state index in [0.717, 1.165) is 0 Å². The molecule has 0 saturated heterocycles. The summed E-state index contributed by atoms with van der Waals surface area (Å²) in [5.41, 5.74) is 1.37. The van der Waals surface area contributed by atoms with E-state index in [2.05, 4.69) is 5.32 Å². The lowest BCUT2D eigenvalue weighted by atomic mass is 10.00. The fourth-order valence-corrected chi connectivity index (χ4v) is 2.82. The molecule has 3 rings (SSSR count).